The fourth-order valence-electron chi connectivity index (χ4n) is 2.52. The fraction of sp³-hybridized carbons (Fsp3) is 0.278. The van der Waals surface area contributed by atoms with Crippen molar-refractivity contribution in [3.8, 4) is 0 Å². The summed E-state index contributed by atoms with van der Waals surface area (Å²) >= 11 is 0. The van der Waals surface area contributed by atoms with E-state index in [0.717, 1.165) is 5.56 Å². The summed E-state index contributed by atoms with van der Waals surface area (Å²) in [7, 11) is -8.95. The number of hydrogen-bond acceptors (Lipinski definition) is 5. The number of amides is 1. The third kappa shape index (κ3) is 7.96. The smallest absolute Gasteiger partial charge is 0.407 e. The first kappa shape index (κ1) is 23.1. The predicted molar refractivity (Wildman–Crippen MR) is 107 cm³/mol. The van der Waals surface area contributed by atoms with Crippen LogP contribution in [-0.2, 0) is 25.9 Å². The topological polar surface area (TPSA) is 142 Å². The molecule has 1 unspecified atom stereocenters. The number of carbonyl (C=O) groups excluding carboxylic acids is 1. The van der Waals surface area contributed by atoms with Gasteiger partial charge in [-0.25, -0.2) is 13.2 Å². The minimum atomic E-state index is -4.81. The van der Waals surface area contributed by atoms with Gasteiger partial charge in [-0.15, -0.1) is 0 Å². The number of nitrogens with one attached hydrogen (secondary N) is 2. The van der Waals surface area contributed by atoms with Crippen LogP contribution in [0.1, 0.15) is 23.8 Å². The lowest BCUT2D eigenvalue weighted by atomic mass is 10.2. The Balaban J connectivity index is 1.94. The predicted octanol–water partition coefficient (Wildman–Crippen LogP) is 2.10. The number of rotatable bonds is 9. The summed E-state index contributed by atoms with van der Waals surface area (Å²) < 4.78 is 43.6. The standard InChI is InChI=1S/C18H23N2O7PS/c1-14(19-18(21)27-12-15-8-4-2-5-9-15)13-29(25,26)20-17(28(22,23)24)16-10-6-3-7-11-16/h2-11,14,17,20H,12-13H2,1H3,(H,19,21)(H2,22,23,24)/t14-,17?/m0/s1. The molecule has 0 spiro atoms. The van der Waals surface area contributed by atoms with Crippen LogP contribution < -0.4 is 10.0 Å². The molecular formula is C18H23N2O7PS. The number of ether oxygens (including phenoxy) is 1. The van der Waals surface area contributed by atoms with E-state index in [4.69, 9.17) is 4.74 Å². The van der Waals surface area contributed by atoms with Crippen molar-refractivity contribution < 1.29 is 32.3 Å². The average Bonchev–Trinajstić information content (AvgIpc) is 2.64. The molecule has 158 valence electrons. The first-order chi connectivity index (χ1) is 13.6. The van der Waals surface area contributed by atoms with Crippen LogP contribution >= 0.6 is 7.60 Å². The van der Waals surface area contributed by atoms with Gasteiger partial charge in [0.05, 0.1) is 5.75 Å². The summed E-state index contributed by atoms with van der Waals surface area (Å²) in [4.78, 5) is 30.9. The van der Waals surface area contributed by atoms with Crippen molar-refractivity contribution in [1.29, 1.82) is 0 Å². The number of alkyl carbamates (subject to hydrolysis) is 1. The van der Waals surface area contributed by atoms with Crippen LogP contribution in [0.5, 0.6) is 0 Å². The van der Waals surface area contributed by atoms with E-state index in [1.54, 1.807) is 42.5 Å². The first-order valence-corrected chi connectivity index (χ1v) is 12.0. The lowest BCUT2D eigenvalue weighted by Crippen LogP contribution is -2.42. The molecule has 11 heteroatoms. The van der Waals surface area contributed by atoms with E-state index in [2.05, 4.69) is 5.32 Å². The molecule has 0 aromatic heterocycles. The normalized spacial score (nSPS) is 14.0. The van der Waals surface area contributed by atoms with Crippen molar-refractivity contribution in [3.63, 3.8) is 0 Å². The molecule has 0 saturated heterocycles. The molecule has 2 atom stereocenters. The Kier molecular flexibility index (Phi) is 7.95. The second-order valence-corrected chi connectivity index (χ2v) is 9.90. The van der Waals surface area contributed by atoms with Gasteiger partial charge in [-0.1, -0.05) is 60.7 Å². The second-order valence-electron chi connectivity index (χ2n) is 6.41. The van der Waals surface area contributed by atoms with Gasteiger partial charge in [0, 0.05) is 6.04 Å². The van der Waals surface area contributed by atoms with E-state index in [-0.39, 0.29) is 12.2 Å². The minimum Gasteiger partial charge on any atom is -0.445 e. The second kappa shape index (κ2) is 10.00. The Morgan fingerprint density at radius 1 is 1.07 bits per heavy atom. The lowest BCUT2D eigenvalue weighted by molar-refractivity contribution is 0.137. The third-order valence-electron chi connectivity index (χ3n) is 3.79. The van der Waals surface area contributed by atoms with E-state index in [9.17, 15) is 27.6 Å². The Morgan fingerprint density at radius 3 is 2.17 bits per heavy atom. The third-order valence-corrected chi connectivity index (χ3v) is 6.60. The Labute approximate surface area is 169 Å². The zero-order valence-corrected chi connectivity index (χ0v) is 17.3. The van der Waals surface area contributed by atoms with Gasteiger partial charge in [0.1, 0.15) is 12.4 Å². The Bertz CT molecular complexity index is 949. The lowest BCUT2D eigenvalue weighted by Gasteiger charge is -2.21. The molecule has 0 bridgehead atoms. The molecule has 1 amide bonds. The summed E-state index contributed by atoms with van der Waals surface area (Å²) in [6.07, 6.45) is -0.800. The molecule has 2 aromatic rings. The Hall–Kier alpha value is -2.23. The van der Waals surface area contributed by atoms with Gasteiger partial charge in [-0.3, -0.25) is 4.57 Å². The molecule has 0 heterocycles. The fourth-order valence-corrected chi connectivity index (χ4v) is 5.43. The van der Waals surface area contributed by atoms with Crippen molar-refractivity contribution in [2.24, 2.45) is 0 Å². The van der Waals surface area contributed by atoms with Gasteiger partial charge < -0.3 is 19.8 Å². The van der Waals surface area contributed by atoms with Gasteiger partial charge in [-0.05, 0) is 18.1 Å². The van der Waals surface area contributed by atoms with Crippen molar-refractivity contribution in [3.05, 3.63) is 71.8 Å². The zero-order valence-electron chi connectivity index (χ0n) is 15.6. The molecular weight excluding hydrogens is 419 g/mol. The maximum absolute atomic E-state index is 12.4. The van der Waals surface area contributed by atoms with Crippen LogP contribution in [0, 0.1) is 0 Å². The monoisotopic (exact) mass is 442 g/mol. The van der Waals surface area contributed by atoms with Crippen LogP contribution in [0.25, 0.3) is 0 Å². The maximum atomic E-state index is 12.4. The van der Waals surface area contributed by atoms with Crippen molar-refractivity contribution in [2.45, 2.75) is 25.4 Å². The maximum Gasteiger partial charge on any atom is 0.407 e. The molecule has 9 nitrogen and oxygen atoms in total. The van der Waals surface area contributed by atoms with E-state index in [1.807, 2.05) is 10.8 Å². The first-order valence-electron chi connectivity index (χ1n) is 8.64. The van der Waals surface area contributed by atoms with Crippen LogP contribution in [0.3, 0.4) is 0 Å². The highest BCUT2D eigenvalue weighted by Crippen LogP contribution is 2.50. The summed E-state index contributed by atoms with van der Waals surface area (Å²) in [6.45, 7) is 1.47. The molecule has 0 radical (unpaired) electrons. The van der Waals surface area contributed by atoms with Crippen molar-refractivity contribution >= 4 is 23.7 Å². The van der Waals surface area contributed by atoms with Gasteiger partial charge >= 0.3 is 13.7 Å². The number of sulfonamides is 1. The highest BCUT2D eigenvalue weighted by Gasteiger charge is 2.34. The molecule has 0 aliphatic heterocycles. The van der Waals surface area contributed by atoms with Gasteiger partial charge in [-0.2, -0.15) is 4.72 Å². The summed E-state index contributed by atoms with van der Waals surface area (Å²) in [5.74, 6) is -2.30. The molecule has 4 N–H and O–H groups in total. The zero-order chi connectivity index (χ0) is 21.5. The largest absolute Gasteiger partial charge is 0.445 e. The molecule has 0 aliphatic carbocycles. The molecule has 0 saturated carbocycles. The SMILES string of the molecule is C[C@@H](CS(=O)(=O)NC(c1ccccc1)P(=O)(O)O)NC(=O)OCc1ccccc1. The van der Waals surface area contributed by atoms with Gasteiger partial charge in [0.2, 0.25) is 10.0 Å². The van der Waals surface area contributed by atoms with Gasteiger partial charge in [0.15, 0.2) is 0 Å². The quantitative estimate of drug-likeness (QED) is 0.436. The van der Waals surface area contributed by atoms with Crippen LogP contribution in [0.2, 0.25) is 0 Å². The van der Waals surface area contributed by atoms with Crippen LogP contribution in [0.15, 0.2) is 60.7 Å². The highest BCUT2D eigenvalue weighted by atomic mass is 32.2. The molecule has 2 aromatic carbocycles. The van der Waals surface area contributed by atoms with E-state index < -0.39 is 41.3 Å². The summed E-state index contributed by atoms with van der Waals surface area (Å²) in [5.41, 5.74) is 0.907. The van der Waals surface area contributed by atoms with Crippen LogP contribution in [0.4, 0.5) is 4.79 Å². The van der Waals surface area contributed by atoms with Gasteiger partial charge in [0.25, 0.3) is 0 Å². The number of carbonyl (C=O) groups is 1. The summed E-state index contributed by atoms with van der Waals surface area (Å²) in [6, 6.07) is 15.6. The van der Waals surface area contributed by atoms with E-state index in [0.29, 0.717) is 0 Å². The van der Waals surface area contributed by atoms with E-state index in [1.165, 1.54) is 19.1 Å². The Morgan fingerprint density at radius 2 is 1.62 bits per heavy atom. The molecule has 0 aliphatic rings. The highest BCUT2D eigenvalue weighted by molar-refractivity contribution is 7.89. The molecule has 0 fully saturated rings. The molecule has 29 heavy (non-hydrogen) atoms. The number of hydrogen-bond donors (Lipinski definition) is 4. The minimum absolute atomic E-state index is 0.0265. The summed E-state index contributed by atoms with van der Waals surface area (Å²) in [5, 5.41) is 2.38. The molecule has 2 rings (SSSR count). The van der Waals surface area contributed by atoms with E-state index >= 15 is 0 Å². The van der Waals surface area contributed by atoms with Crippen molar-refractivity contribution in [2.75, 3.05) is 5.75 Å². The average molecular weight is 442 g/mol. The number of benzene rings is 2. The van der Waals surface area contributed by atoms with Crippen molar-refractivity contribution in [1.82, 2.24) is 10.0 Å². The van der Waals surface area contributed by atoms with Crippen LogP contribution in [-0.4, -0.2) is 36.1 Å².